The van der Waals surface area contributed by atoms with E-state index in [4.69, 9.17) is 4.74 Å². The quantitative estimate of drug-likeness (QED) is 0.580. The Morgan fingerprint density at radius 3 is 2.38 bits per heavy atom. The van der Waals surface area contributed by atoms with E-state index in [2.05, 4.69) is 30.7 Å². The molecule has 2 aromatic rings. The summed E-state index contributed by atoms with van der Waals surface area (Å²) in [5.41, 5.74) is 1.47. The SMILES string of the molecule is CC.CCC.CCC1CCC(Oc2ncnc3sc4c(c23)CCC4)CC1. The highest BCUT2D eigenvalue weighted by Crippen LogP contribution is 2.40. The minimum absolute atomic E-state index is 0.350. The summed E-state index contributed by atoms with van der Waals surface area (Å²) in [4.78, 5) is 11.5. The van der Waals surface area contributed by atoms with Gasteiger partial charge in [0.1, 0.15) is 17.3 Å². The first-order chi connectivity index (χ1) is 12.8. The summed E-state index contributed by atoms with van der Waals surface area (Å²) in [5.74, 6) is 1.75. The third kappa shape index (κ3) is 4.97. The zero-order chi connectivity index (χ0) is 18.9. The van der Waals surface area contributed by atoms with Crippen molar-refractivity contribution in [2.24, 2.45) is 5.92 Å². The van der Waals surface area contributed by atoms with E-state index in [1.54, 1.807) is 6.33 Å². The highest BCUT2D eigenvalue weighted by atomic mass is 32.1. The van der Waals surface area contributed by atoms with Crippen molar-refractivity contribution in [1.29, 1.82) is 0 Å². The molecule has 2 aromatic heterocycles. The zero-order valence-corrected chi connectivity index (χ0v) is 18.1. The van der Waals surface area contributed by atoms with Crippen LogP contribution in [0.5, 0.6) is 5.88 Å². The van der Waals surface area contributed by atoms with E-state index in [9.17, 15) is 0 Å². The average Bonchev–Trinajstić information content (AvgIpc) is 3.26. The van der Waals surface area contributed by atoms with Crippen molar-refractivity contribution in [3.63, 3.8) is 0 Å². The van der Waals surface area contributed by atoms with E-state index < -0.39 is 0 Å². The maximum atomic E-state index is 6.30. The van der Waals surface area contributed by atoms with Crippen molar-refractivity contribution in [2.75, 3.05) is 0 Å². The molecule has 0 bridgehead atoms. The fourth-order valence-electron chi connectivity index (χ4n) is 3.80. The molecule has 26 heavy (non-hydrogen) atoms. The first-order valence-corrected chi connectivity index (χ1v) is 11.5. The summed E-state index contributed by atoms with van der Waals surface area (Å²) in [7, 11) is 0. The molecule has 2 aliphatic rings. The van der Waals surface area contributed by atoms with E-state index in [0.717, 1.165) is 16.6 Å². The van der Waals surface area contributed by atoms with Gasteiger partial charge in [0.05, 0.1) is 5.39 Å². The van der Waals surface area contributed by atoms with Gasteiger partial charge in [0.25, 0.3) is 0 Å². The molecule has 0 spiro atoms. The maximum Gasteiger partial charge on any atom is 0.225 e. The molecule has 2 heterocycles. The molecule has 4 rings (SSSR count). The van der Waals surface area contributed by atoms with E-state index in [0.29, 0.717) is 6.10 Å². The van der Waals surface area contributed by atoms with Crippen molar-refractivity contribution in [3.8, 4) is 5.88 Å². The Morgan fingerprint density at radius 1 is 1.04 bits per heavy atom. The van der Waals surface area contributed by atoms with Crippen LogP contribution in [0.3, 0.4) is 0 Å². The Bertz CT molecular complexity index is 659. The van der Waals surface area contributed by atoms with Crippen LogP contribution in [0.2, 0.25) is 0 Å². The molecule has 2 aliphatic carbocycles. The number of fused-ring (bicyclic) bond motifs is 3. The van der Waals surface area contributed by atoms with Gasteiger partial charge in [-0.3, -0.25) is 0 Å². The molecule has 0 radical (unpaired) electrons. The van der Waals surface area contributed by atoms with Crippen LogP contribution in [0, 0.1) is 5.92 Å². The Labute approximate surface area is 163 Å². The van der Waals surface area contributed by atoms with Crippen molar-refractivity contribution in [3.05, 3.63) is 16.8 Å². The number of aromatic nitrogens is 2. The molecule has 1 saturated carbocycles. The number of aryl methyl sites for hydroxylation is 2. The van der Waals surface area contributed by atoms with E-state index in [1.807, 2.05) is 25.2 Å². The first-order valence-electron chi connectivity index (χ1n) is 10.7. The Morgan fingerprint density at radius 2 is 1.73 bits per heavy atom. The molecule has 0 atom stereocenters. The lowest BCUT2D eigenvalue weighted by Crippen LogP contribution is -2.24. The summed E-state index contributed by atoms with van der Waals surface area (Å²) < 4.78 is 6.30. The van der Waals surface area contributed by atoms with Crippen LogP contribution < -0.4 is 4.74 Å². The van der Waals surface area contributed by atoms with Crippen LogP contribution >= 0.6 is 11.3 Å². The number of ether oxygens (including phenoxy) is 1. The van der Waals surface area contributed by atoms with Crippen molar-refractivity contribution in [2.45, 2.75) is 98.5 Å². The molecule has 3 nitrogen and oxygen atoms in total. The van der Waals surface area contributed by atoms with E-state index in [-0.39, 0.29) is 0 Å². The maximum absolute atomic E-state index is 6.30. The lowest BCUT2D eigenvalue weighted by atomic mass is 9.86. The monoisotopic (exact) mass is 376 g/mol. The molecule has 0 aromatic carbocycles. The second-order valence-corrected chi connectivity index (χ2v) is 8.18. The van der Waals surface area contributed by atoms with Gasteiger partial charge >= 0.3 is 0 Å². The smallest absolute Gasteiger partial charge is 0.225 e. The van der Waals surface area contributed by atoms with E-state index >= 15 is 0 Å². The third-order valence-corrected chi connectivity index (χ3v) is 6.32. The summed E-state index contributed by atoms with van der Waals surface area (Å²) in [5, 5.41) is 1.22. The number of hydrogen-bond acceptors (Lipinski definition) is 4. The minimum atomic E-state index is 0.350. The molecular formula is C22H36N2OS. The molecule has 1 fully saturated rings. The predicted molar refractivity (Wildman–Crippen MR) is 113 cm³/mol. The molecule has 0 N–H and O–H groups in total. The fourth-order valence-corrected chi connectivity index (χ4v) is 5.02. The third-order valence-electron chi connectivity index (χ3n) is 5.12. The van der Waals surface area contributed by atoms with Crippen LogP contribution in [-0.4, -0.2) is 16.1 Å². The van der Waals surface area contributed by atoms with Gasteiger partial charge < -0.3 is 4.74 Å². The Hall–Kier alpha value is -1.16. The lowest BCUT2D eigenvalue weighted by molar-refractivity contribution is 0.126. The summed E-state index contributed by atoms with van der Waals surface area (Å²) in [6.45, 7) is 10.6. The topological polar surface area (TPSA) is 35.0 Å². The average molecular weight is 377 g/mol. The van der Waals surface area contributed by atoms with Crippen molar-refractivity contribution < 1.29 is 4.74 Å². The molecular weight excluding hydrogens is 340 g/mol. The zero-order valence-electron chi connectivity index (χ0n) is 17.3. The number of hydrogen-bond donors (Lipinski definition) is 0. The van der Waals surface area contributed by atoms with Gasteiger partial charge in [0.15, 0.2) is 0 Å². The molecule has 0 aliphatic heterocycles. The van der Waals surface area contributed by atoms with Crippen molar-refractivity contribution in [1.82, 2.24) is 9.97 Å². The number of thiophene rings is 1. The molecule has 0 amide bonds. The second kappa shape index (κ2) is 10.9. The van der Waals surface area contributed by atoms with Crippen LogP contribution in [-0.2, 0) is 12.8 Å². The van der Waals surface area contributed by atoms with Crippen LogP contribution in [0.4, 0.5) is 0 Å². The Balaban J connectivity index is 0.000000444. The van der Waals surface area contributed by atoms with Crippen LogP contribution in [0.25, 0.3) is 10.2 Å². The fraction of sp³-hybridized carbons (Fsp3) is 0.727. The largest absolute Gasteiger partial charge is 0.474 e. The van der Waals surface area contributed by atoms with Gasteiger partial charge in [-0.15, -0.1) is 11.3 Å². The number of rotatable bonds is 3. The van der Waals surface area contributed by atoms with E-state index in [1.165, 1.54) is 73.6 Å². The van der Waals surface area contributed by atoms with Gasteiger partial charge in [0.2, 0.25) is 5.88 Å². The van der Waals surface area contributed by atoms with Gasteiger partial charge in [-0.1, -0.05) is 47.5 Å². The Kier molecular flexibility index (Phi) is 8.83. The predicted octanol–water partition coefficient (Wildman–Crippen LogP) is 6.97. The van der Waals surface area contributed by atoms with Crippen molar-refractivity contribution >= 4 is 21.6 Å². The minimum Gasteiger partial charge on any atom is -0.474 e. The highest BCUT2D eigenvalue weighted by Gasteiger charge is 2.25. The number of nitrogens with zero attached hydrogens (tertiary/aromatic N) is 2. The van der Waals surface area contributed by atoms with Gasteiger partial charge in [-0.2, -0.15) is 0 Å². The van der Waals surface area contributed by atoms with Gasteiger partial charge in [-0.05, 0) is 56.4 Å². The summed E-state index contributed by atoms with van der Waals surface area (Å²) >= 11 is 1.84. The summed E-state index contributed by atoms with van der Waals surface area (Å²) in [6, 6.07) is 0. The highest BCUT2D eigenvalue weighted by molar-refractivity contribution is 7.18. The second-order valence-electron chi connectivity index (χ2n) is 7.09. The first kappa shape index (κ1) is 21.1. The molecule has 4 heteroatoms. The van der Waals surface area contributed by atoms with Crippen LogP contribution in [0.15, 0.2) is 6.33 Å². The standard InChI is InChI=1S/C17H22N2OS.C3H8.C2H6/c1-2-11-6-8-12(9-7-11)20-16-15-13-4-3-5-14(13)21-17(15)19-10-18-16;1-3-2;1-2/h10-12H,2-9H2,1H3;3H2,1-2H3;1-2H3. The molecule has 146 valence electrons. The molecule has 0 saturated heterocycles. The normalized spacial score (nSPS) is 21.3. The van der Waals surface area contributed by atoms with Gasteiger partial charge in [-0.25, -0.2) is 9.97 Å². The van der Waals surface area contributed by atoms with Gasteiger partial charge in [0, 0.05) is 4.88 Å². The lowest BCUT2D eigenvalue weighted by Gasteiger charge is -2.28. The van der Waals surface area contributed by atoms with Crippen LogP contribution in [0.1, 0.15) is 90.0 Å². The molecule has 0 unspecified atom stereocenters. The summed E-state index contributed by atoms with van der Waals surface area (Å²) in [6.07, 6.45) is 13.2.